The third kappa shape index (κ3) is 3.04. The molecule has 2 aromatic rings. The summed E-state index contributed by atoms with van der Waals surface area (Å²) in [4.78, 5) is -0.259. The van der Waals surface area contributed by atoms with Gasteiger partial charge in [-0.25, -0.2) is 0 Å². The maximum absolute atomic E-state index is 11.1. The van der Waals surface area contributed by atoms with Crippen molar-refractivity contribution in [3.63, 3.8) is 0 Å². The molecular formula is C13H13NO4S. The molecule has 3 N–H and O–H groups in total. The second-order valence-corrected chi connectivity index (χ2v) is 5.46. The van der Waals surface area contributed by atoms with Crippen LogP contribution in [0.4, 0.5) is 5.69 Å². The summed E-state index contributed by atoms with van der Waals surface area (Å²) < 4.78 is 36.7. The second kappa shape index (κ2) is 4.91. The van der Waals surface area contributed by atoms with Gasteiger partial charge in [-0.15, -0.1) is 0 Å². The van der Waals surface area contributed by atoms with E-state index in [4.69, 9.17) is 15.0 Å². The smallest absolute Gasteiger partial charge is 0.294 e. The minimum Gasteiger partial charge on any atom is -0.455 e. The van der Waals surface area contributed by atoms with Crippen molar-refractivity contribution in [1.29, 1.82) is 0 Å². The van der Waals surface area contributed by atoms with Gasteiger partial charge in [0.05, 0.1) is 10.6 Å². The van der Waals surface area contributed by atoms with Crippen molar-refractivity contribution >= 4 is 15.8 Å². The average molecular weight is 279 g/mol. The van der Waals surface area contributed by atoms with Gasteiger partial charge in [0.15, 0.2) is 5.75 Å². The standard InChI is InChI=1S/C13H13NO4S/c1-9-4-2-3-5-12(9)18-13-8-10(19(15,16)17)6-7-11(13)14/h2-8H,14H2,1H3,(H,15,16,17). The van der Waals surface area contributed by atoms with Gasteiger partial charge < -0.3 is 10.5 Å². The molecule has 0 aliphatic heterocycles. The summed E-state index contributed by atoms with van der Waals surface area (Å²) in [5, 5.41) is 0. The Hall–Kier alpha value is -2.05. The zero-order chi connectivity index (χ0) is 14.0. The molecule has 100 valence electrons. The van der Waals surface area contributed by atoms with Gasteiger partial charge in [0.25, 0.3) is 10.1 Å². The van der Waals surface area contributed by atoms with Gasteiger partial charge in [-0.3, -0.25) is 4.55 Å². The van der Waals surface area contributed by atoms with Crippen LogP contribution in [0.1, 0.15) is 5.56 Å². The van der Waals surface area contributed by atoms with Gasteiger partial charge >= 0.3 is 0 Å². The molecule has 0 radical (unpaired) electrons. The zero-order valence-corrected chi connectivity index (χ0v) is 11.0. The Morgan fingerprint density at radius 2 is 1.79 bits per heavy atom. The third-order valence-corrected chi connectivity index (χ3v) is 3.45. The third-order valence-electron chi connectivity index (χ3n) is 2.60. The first-order valence-corrected chi connectivity index (χ1v) is 6.92. The van der Waals surface area contributed by atoms with E-state index in [0.29, 0.717) is 5.75 Å². The SMILES string of the molecule is Cc1ccccc1Oc1cc(S(=O)(=O)O)ccc1N. The number of nitrogens with two attached hydrogens (primary N) is 1. The molecule has 0 heterocycles. The summed E-state index contributed by atoms with van der Waals surface area (Å²) in [6.07, 6.45) is 0. The average Bonchev–Trinajstić information content (AvgIpc) is 2.33. The van der Waals surface area contributed by atoms with E-state index in [2.05, 4.69) is 0 Å². The van der Waals surface area contributed by atoms with Crippen LogP contribution in [0.5, 0.6) is 11.5 Å². The number of ether oxygens (including phenoxy) is 1. The molecule has 0 aliphatic carbocycles. The predicted molar refractivity (Wildman–Crippen MR) is 71.9 cm³/mol. The summed E-state index contributed by atoms with van der Waals surface area (Å²) in [6.45, 7) is 1.86. The lowest BCUT2D eigenvalue weighted by molar-refractivity contribution is 0.471. The number of benzene rings is 2. The Morgan fingerprint density at radius 1 is 1.11 bits per heavy atom. The lowest BCUT2D eigenvalue weighted by Crippen LogP contribution is -2.00. The van der Waals surface area contributed by atoms with Crippen molar-refractivity contribution in [2.45, 2.75) is 11.8 Å². The van der Waals surface area contributed by atoms with Crippen LogP contribution in [0.25, 0.3) is 0 Å². The van der Waals surface area contributed by atoms with Crippen LogP contribution in [0.2, 0.25) is 0 Å². The largest absolute Gasteiger partial charge is 0.455 e. The quantitative estimate of drug-likeness (QED) is 0.666. The van der Waals surface area contributed by atoms with Gasteiger partial charge in [-0.1, -0.05) is 18.2 Å². The maximum Gasteiger partial charge on any atom is 0.294 e. The number of para-hydroxylation sites is 1. The monoisotopic (exact) mass is 279 g/mol. The highest BCUT2D eigenvalue weighted by atomic mass is 32.2. The first-order valence-electron chi connectivity index (χ1n) is 5.48. The molecule has 0 aromatic heterocycles. The number of rotatable bonds is 3. The summed E-state index contributed by atoms with van der Waals surface area (Å²) >= 11 is 0. The summed E-state index contributed by atoms with van der Waals surface area (Å²) in [5.41, 5.74) is 6.90. The summed E-state index contributed by atoms with van der Waals surface area (Å²) in [6, 6.07) is 11.0. The molecule has 5 nitrogen and oxygen atoms in total. The zero-order valence-electron chi connectivity index (χ0n) is 10.2. The fraction of sp³-hybridized carbons (Fsp3) is 0.0769. The topological polar surface area (TPSA) is 89.6 Å². The van der Waals surface area contributed by atoms with E-state index in [9.17, 15) is 8.42 Å². The van der Waals surface area contributed by atoms with Crippen LogP contribution < -0.4 is 10.5 Å². The number of hydrogen-bond acceptors (Lipinski definition) is 4. The summed E-state index contributed by atoms with van der Waals surface area (Å²) in [7, 11) is -4.28. The highest BCUT2D eigenvalue weighted by Gasteiger charge is 2.13. The van der Waals surface area contributed by atoms with E-state index < -0.39 is 10.1 Å². The first-order chi connectivity index (χ1) is 8.88. The fourth-order valence-electron chi connectivity index (χ4n) is 1.55. The highest BCUT2D eigenvalue weighted by Crippen LogP contribution is 2.31. The highest BCUT2D eigenvalue weighted by molar-refractivity contribution is 7.85. The van der Waals surface area contributed by atoms with Crippen molar-refractivity contribution in [2.75, 3.05) is 5.73 Å². The molecule has 0 atom stereocenters. The van der Waals surface area contributed by atoms with Crippen molar-refractivity contribution in [3.05, 3.63) is 48.0 Å². The van der Waals surface area contributed by atoms with Crippen molar-refractivity contribution in [2.24, 2.45) is 0 Å². The van der Waals surface area contributed by atoms with E-state index in [1.807, 2.05) is 19.1 Å². The first kappa shape index (κ1) is 13.4. The van der Waals surface area contributed by atoms with E-state index >= 15 is 0 Å². The molecule has 0 spiro atoms. The Bertz CT molecular complexity index is 710. The molecule has 0 saturated carbocycles. The van der Waals surface area contributed by atoms with Gasteiger partial charge in [0.1, 0.15) is 5.75 Å². The van der Waals surface area contributed by atoms with Crippen LogP contribution in [-0.4, -0.2) is 13.0 Å². The molecule has 2 aromatic carbocycles. The van der Waals surface area contributed by atoms with Crippen LogP contribution in [0.15, 0.2) is 47.4 Å². The van der Waals surface area contributed by atoms with Crippen LogP contribution >= 0.6 is 0 Å². The van der Waals surface area contributed by atoms with Crippen LogP contribution in [0.3, 0.4) is 0 Å². The number of hydrogen-bond donors (Lipinski definition) is 2. The normalized spacial score (nSPS) is 11.3. The van der Waals surface area contributed by atoms with E-state index in [0.717, 1.165) is 5.56 Å². The molecule has 0 saturated heterocycles. The number of nitrogen functional groups attached to an aromatic ring is 1. The summed E-state index contributed by atoms with van der Waals surface area (Å²) in [5.74, 6) is 0.756. The number of aryl methyl sites for hydroxylation is 1. The lowest BCUT2D eigenvalue weighted by Gasteiger charge is -2.11. The lowest BCUT2D eigenvalue weighted by atomic mass is 10.2. The predicted octanol–water partition coefficient (Wildman–Crippen LogP) is 2.62. The van der Waals surface area contributed by atoms with E-state index in [-0.39, 0.29) is 16.3 Å². The minimum atomic E-state index is -4.28. The van der Waals surface area contributed by atoms with Gasteiger partial charge in [-0.05, 0) is 30.7 Å². The van der Waals surface area contributed by atoms with E-state index in [1.165, 1.54) is 18.2 Å². The molecule has 6 heteroatoms. The van der Waals surface area contributed by atoms with Crippen molar-refractivity contribution in [3.8, 4) is 11.5 Å². The molecule has 0 amide bonds. The number of anilines is 1. The van der Waals surface area contributed by atoms with Crippen molar-refractivity contribution in [1.82, 2.24) is 0 Å². The molecule has 0 unspecified atom stereocenters. The second-order valence-electron chi connectivity index (χ2n) is 4.04. The van der Waals surface area contributed by atoms with Crippen LogP contribution in [0, 0.1) is 6.92 Å². The Balaban J connectivity index is 2.43. The Labute approximate surface area is 111 Å². The molecule has 0 bridgehead atoms. The minimum absolute atomic E-state index is 0.185. The Kier molecular flexibility index (Phi) is 3.46. The molecule has 19 heavy (non-hydrogen) atoms. The van der Waals surface area contributed by atoms with Gasteiger partial charge in [-0.2, -0.15) is 8.42 Å². The van der Waals surface area contributed by atoms with E-state index in [1.54, 1.807) is 12.1 Å². The van der Waals surface area contributed by atoms with Crippen molar-refractivity contribution < 1.29 is 17.7 Å². The van der Waals surface area contributed by atoms with Crippen LogP contribution in [-0.2, 0) is 10.1 Å². The Morgan fingerprint density at radius 3 is 2.42 bits per heavy atom. The molecule has 2 rings (SSSR count). The maximum atomic E-state index is 11.1. The molecule has 0 fully saturated rings. The van der Waals surface area contributed by atoms with Gasteiger partial charge in [0, 0.05) is 6.07 Å². The molecule has 0 aliphatic rings. The fourth-order valence-corrected chi connectivity index (χ4v) is 2.05. The van der Waals surface area contributed by atoms with Gasteiger partial charge in [0.2, 0.25) is 0 Å². The molecular weight excluding hydrogens is 266 g/mol.